The second-order valence-corrected chi connectivity index (χ2v) is 12.2. The summed E-state index contributed by atoms with van der Waals surface area (Å²) in [5.41, 5.74) is 0.900. The van der Waals surface area contributed by atoms with Crippen LogP contribution >= 0.6 is 0 Å². The Bertz CT molecular complexity index is 1640. The smallest absolute Gasteiger partial charge is 0.319 e. The molecule has 1 N–H and O–H groups in total. The molecule has 9 heteroatoms. The molecule has 2 aromatic carbocycles. The van der Waals surface area contributed by atoms with Crippen molar-refractivity contribution in [1.82, 2.24) is 19.9 Å². The first-order valence-corrected chi connectivity index (χ1v) is 14.9. The molecule has 2 atom stereocenters. The zero-order valence-corrected chi connectivity index (χ0v) is 23.1. The summed E-state index contributed by atoms with van der Waals surface area (Å²) in [6.45, 7) is 5.89. The van der Waals surface area contributed by atoms with Crippen LogP contribution in [-0.4, -0.2) is 76.5 Å². The van der Waals surface area contributed by atoms with E-state index < -0.39 is 5.82 Å². The van der Waals surface area contributed by atoms with Crippen LogP contribution in [0.4, 0.5) is 10.2 Å². The van der Waals surface area contributed by atoms with E-state index in [1.165, 1.54) is 12.8 Å². The SMILES string of the molecule is Oc1cc(-c2ncc3c(N4CCC5COCC5C4)nc(OCC45CCCN4CCC5)nc3c2F)c2ccccc2c1. The van der Waals surface area contributed by atoms with Gasteiger partial charge >= 0.3 is 6.01 Å². The number of halogens is 1. The fourth-order valence-corrected chi connectivity index (χ4v) is 7.72. The highest BCUT2D eigenvalue weighted by atomic mass is 19.1. The maximum Gasteiger partial charge on any atom is 0.319 e. The summed E-state index contributed by atoms with van der Waals surface area (Å²) >= 11 is 0. The van der Waals surface area contributed by atoms with E-state index >= 15 is 4.39 Å². The quantitative estimate of drug-likeness (QED) is 0.361. The van der Waals surface area contributed by atoms with Crippen LogP contribution in [0.15, 0.2) is 42.6 Å². The Balaban J connectivity index is 1.24. The van der Waals surface area contributed by atoms with Gasteiger partial charge in [0.1, 0.15) is 29.4 Å². The van der Waals surface area contributed by atoms with Gasteiger partial charge in [-0.1, -0.05) is 24.3 Å². The molecule has 2 unspecified atom stereocenters. The Kier molecular flexibility index (Phi) is 6.00. The first-order valence-electron chi connectivity index (χ1n) is 14.9. The monoisotopic (exact) mass is 555 g/mol. The van der Waals surface area contributed by atoms with Crippen molar-refractivity contribution >= 4 is 27.5 Å². The highest BCUT2D eigenvalue weighted by Gasteiger charge is 2.45. The molecule has 4 aromatic rings. The lowest BCUT2D eigenvalue weighted by Gasteiger charge is -2.35. The first kappa shape index (κ1) is 25.2. The number of pyridine rings is 1. The minimum absolute atomic E-state index is 0.0282. The molecule has 0 saturated carbocycles. The van der Waals surface area contributed by atoms with E-state index in [-0.39, 0.29) is 28.5 Å². The summed E-state index contributed by atoms with van der Waals surface area (Å²) < 4.78 is 28.7. The van der Waals surface area contributed by atoms with Gasteiger partial charge in [-0.3, -0.25) is 9.88 Å². The van der Waals surface area contributed by atoms with Crippen LogP contribution in [0.1, 0.15) is 32.1 Å². The number of nitrogens with zero attached hydrogens (tertiary/aromatic N) is 5. The van der Waals surface area contributed by atoms with Crippen molar-refractivity contribution in [3.8, 4) is 23.0 Å². The Morgan fingerprint density at radius 2 is 1.85 bits per heavy atom. The number of rotatable bonds is 5. The second-order valence-electron chi connectivity index (χ2n) is 12.2. The molecular formula is C32H34FN5O3. The van der Waals surface area contributed by atoms with Crippen molar-refractivity contribution < 1.29 is 19.0 Å². The third-order valence-electron chi connectivity index (χ3n) is 9.88. The number of fused-ring (bicyclic) bond motifs is 4. The third-order valence-corrected chi connectivity index (χ3v) is 9.88. The molecular weight excluding hydrogens is 521 g/mol. The van der Waals surface area contributed by atoms with E-state index in [0.717, 1.165) is 69.4 Å². The second kappa shape index (κ2) is 9.77. The van der Waals surface area contributed by atoms with Crippen molar-refractivity contribution in [3.05, 3.63) is 48.4 Å². The lowest BCUT2D eigenvalue weighted by molar-refractivity contribution is 0.108. The standard InChI is InChI=1S/C32H34FN5O3/c33-27-28(25-14-23(39)13-20-5-1-2-6-24(20)25)34-15-26-29(27)35-31(41-19-32-8-3-10-38(32)11-4-9-32)36-30(26)37-12-7-21-17-40-18-22(21)16-37/h1-2,5-6,13-15,21-22,39H,3-4,7-12,16-19H2. The van der Waals surface area contributed by atoms with E-state index in [4.69, 9.17) is 14.5 Å². The van der Waals surface area contributed by atoms with E-state index in [1.54, 1.807) is 18.3 Å². The Hall–Kier alpha value is -3.56. The summed E-state index contributed by atoms with van der Waals surface area (Å²) in [5, 5.41) is 12.6. The van der Waals surface area contributed by atoms with E-state index in [9.17, 15) is 5.11 Å². The molecule has 212 valence electrons. The van der Waals surface area contributed by atoms with Crippen LogP contribution in [0.3, 0.4) is 0 Å². The average Bonchev–Trinajstić information content (AvgIpc) is 3.71. The number of hydrogen-bond acceptors (Lipinski definition) is 8. The van der Waals surface area contributed by atoms with Crippen LogP contribution in [0.2, 0.25) is 0 Å². The van der Waals surface area contributed by atoms with Gasteiger partial charge in [0.05, 0.1) is 17.5 Å². The number of benzene rings is 2. The fraction of sp³-hybridized carbons (Fsp3) is 0.469. The normalized spacial score (nSPS) is 23.8. The summed E-state index contributed by atoms with van der Waals surface area (Å²) in [4.78, 5) is 19.0. The summed E-state index contributed by atoms with van der Waals surface area (Å²) in [6, 6.07) is 11.1. The molecule has 0 bridgehead atoms. The molecule has 6 heterocycles. The number of phenols is 1. The van der Waals surface area contributed by atoms with Gasteiger partial charge in [0.2, 0.25) is 0 Å². The molecule has 0 aliphatic carbocycles. The van der Waals surface area contributed by atoms with Crippen molar-refractivity contribution in [3.63, 3.8) is 0 Å². The van der Waals surface area contributed by atoms with E-state index in [0.29, 0.717) is 35.2 Å². The molecule has 4 aliphatic heterocycles. The molecule has 0 spiro atoms. The van der Waals surface area contributed by atoms with Crippen molar-refractivity contribution in [2.24, 2.45) is 11.8 Å². The average molecular weight is 556 g/mol. The number of piperidine rings is 1. The number of aromatic nitrogens is 3. The zero-order valence-electron chi connectivity index (χ0n) is 23.1. The van der Waals surface area contributed by atoms with Crippen LogP contribution in [0, 0.1) is 17.7 Å². The van der Waals surface area contributed by atoms with Crippen LogP contribution in [0.25, 0.3) is 32.9 Å². The number of ether oxygens (including phenoxy) is 2. The maximum atomic E-state index is 16.6. The van der Waals surface area contributed by atoms with E-state index in [2.05, 4.69) is 19.8 Å². The molecule has 4 fully saturated rings. The highest BCUT2D eigenvalue weighted by Crippen LogP contribution is 2.41. The molecule has 8 rings (SSSR count). The third kappa shape index (κ3) is 4.20. The maximum absolute atomic E-state index is 16.6. The Labute approximate surface area is 238 Å². The number of anilines is 1. The Morgan fingerprint density at radius 3 is 2.73 bits per heavy atom. The largest absolute Gasteiger partial charge is 0.508 e. The van der Waals surface area contributed by atoms with Gasteiger partial charge in [0, 0.05) is 37.4 Å². The van der Waals surface area contributed by atoms with Gasteiger partial charge in [-0.05, 0) is 74.0 Å². The summed E-state index contributed by atoms with van der Waals surface area (Å²) in [7, 11) is 0. The summed E-state index contributed by atoms with van der Waals surface area (Å²) in [6.07, 6.45) is 7.25. The number of phenolic OH excluding ortho intramolecular Hbond substituents is 1. The predicted molar refractivity (Wildman–Crippen MR) is 155 cm³/mol. The highest BCUT2D eigenvalue weighted by molar-refractivity contribution is 5.99. The van der Waals surface area contributed by atoms with Gasteiger partial charge in [-0.15, -0.1) is 0 Å². The number of hydrogen-bond donors (Lipinski definition) is 1. The molecule has 0 radical (unpaired) electrons. The topological polar surface area (TPSA) is 83.8 Å². The zero-order chi connectivity index (χ0) is 27.6. The minimum Gasteiger partial charge on any atom is -0.508 e. The molecule has 4 aliphatic rings. The molecule has 0 amide bonds. The van der Waals surface area contributed by atoms with Crippen LogP contribution in [0.5, 0.6) is 11.8 Å². The molecule has 41 heavy (non-hydrogen) atoms. The molecule has 2 aromatic heterocycles. The van der Waals surface area contributed by atoms with Gasteiger partial charge in [0.15, 0.2) is 5.82 Å². The summed E-state index contributed by atoms with van der Waals surface area (Å²) in [5.74, 6) is 1.18. The lowest BCUT2D eigenvalue weighted by atomic mass is 9.88. The van der Waals surface area contributed by atoms with Gasteiger partial charge in [-0.25, -0.2) is 4.39 Å². The van der Waals surface area contributed by atoms with Gasteiger partial charge in [0.25, 0.3) is 0 Å². The van der Waals surface area contributed by atoms with E-state index in [1.807, 2.05) is 24.3 Å². The van der Waals surface area contributed by atoms with Crippen LogP contribution in [-0.2, 0) is 4.74 Å². The Morgan fingerprint density at radius 1 is 1.02 bits per heavy atom. The fourth-order valence-electron chi connectivity index (χ4n) is 7.72. The van der Waals surface area contributed by atoms with Gasteiger partial charge < -0.3 is 19.5 Å². The molecule has 4 saturated heterocycles. The van der Waals surface area contributed by atoms with Crippen molar-refractivity contribution in [2.45, 2.75) is 37.6 Å². The first-order chi connectivity index (χ1) is 20.1. The molecule has 8 nitrogen and oxygen atoms in total. The number of aromatic hydroxyl groups is 1. The van der Waals surface area contributed by atoms with Crippen molar-refractivity contribution in [1.29, 1.82) is 0 Å². The lowest BCUT2D eigenvalue weighted by Crippen LogP contribution is -2.43. The van der Waals surface area contributed by atoms with Gasteiger partial charge in [-0.2, -0.15) is 9.97 Å². The predicted octanol–water partition coefficient (Wildman–Crippen LogP) is 5.17. The minimum atomic E-state index is -0.535. The van der Waals surface area contributed by atoms with Crippen LogP contribution < -0.4 is 9.64 Å². The van der Waals surface area contributed by atoms with Crippen molar-refractivity contribution in [2.75, 3.05) is 50.9 Å².